The summed E-state index contributed by atoms with van der Waals surface area (Å²) in [4.78, 5) is 25.6. The summed E-state index contributed by atoms with van der Waals surface area (Å²) < 4.78 is 0. The molecule has 2 aromatic heterocycles. The highest BCUT2D eigenvalue weighted by Crippen LogP contribution is 2.31. The number of hydrogen-bond acceptors (Lipinski definition) is 5. The van der Waals surface area contributed by atoms with Gasteiger partial charge in [-0.15, -0.1) is 0 Å². The van der Waals surface area contributed by atoms with Crippen molar-refractivity contribution in [3.8, 4) is 0 Å². The van der Waals surface area contributed by atoms with Gasteiger partial charge in [0, 0.05) is 42.3 Å². The van der Waals surface area contributed by atoms with E-state index in [-0.39, 0.29) is 24.0 Å². The second kappa shape index (κ2) is 7.17. The van der Waals surface area contributed by atoms with E-state index in [4.69, 9.17) is 0 Å². The van der Waals surface area contributed by atoms with Crippen LogP contribution in [0.25, 0.3) is 11.0 Å². The van der Waals surface area contributed by atoms with Gasteiger partial charge >= 0.3 is 0 Å². The number of nitrogens with zero attached hydrogens (tertiary/aromatic N) is 3. The highest BCUT2D eigenvalue weighted by Gasteiger charge is 2.35. The maximum Gasteiger partial charge on any atom is 0.251 e. The molecule has 0 bridgehead atoms. The summed E-state index contributed by atoms with van der Waals surface area (Å²) >= 11 is 0. The summed E-state index contributed by atoms with van der Waals surface area (Å²) in [5, 5.41) is 12.8. The topological polar surface area (TPSA) is 88.0 Å². The van der Waals surface area contributed by atoms with E-state index in [1.807, 2.05) is 18.2 Å². The highest BCUT2D eigenvalue weighted by atomic mass is 16.3. The zero-order chi connectivity index (χ0) is 17.9. The van der Waals surface area contributed by atoms with Crippen LogP contribution < -0.4 is 5.32 Å². The number of carbonyl (C=O) groups is 1. The van der Waals surface area contributed by atoms with E-state index in [0.717, 1.165) is 11.2 Å². The van der Waals surface area contributed by atoms with Crippen LogP contribution in [-0.2, 0) is 6.42 Å². The number of pyridine rings is 1. The molecule has 3 aromatic rings. The average Bonchev–Trinajstić information content (AvgIpc) is 2.65. The molecule has 2 heterocycles. The molecule has 1 atom stereocenters. The zero-order valence-corrected chi connectivity index (χ0v) is 14.2. The first-order chi connectivity index (χ1) is 12.7. The van der Waals surface area contributed by atoms with Crippen LogP contribution in [0.5, 0.6) is 0 Å². The number of fused-ring (bicyclic) bond motifs is 1. The lowest BCUT2D eigenvalue weighted by Gasteiger charge is -2.38. The molecule has 6 heteroatoms. The number of aromatic nitrogens is 3. The number of aliphatic hydroxyl groups is 1. The van der Waals surface area contributed by atoms with Crippen LogP contribution in [-0.4, -0.2) is 38.1 Å². The fraction of sp³-hybridized carbons (Fsp3) is 0.300. The maximum absolute atomic E-state index is 12.8. The molecule has 6 nitrogen and oxygen atoms in total. The summed E-state index contributed by atoms with van der Waals surface area (Å²) in [6, 6.07) is 11.0. The van der Waals surface area contributed by atoms with E-state index in [2.05, 4.69) is 20.3 Å². The molecule has 1 aliphatic carbocycles. The lowest BCUT2D eigenvalue weighted by Crippen LogP contribution is -2.48. The Morgan fingerprint density at radius 1 is 1.08 bits per heavy atom. The van der Waals surface area contributed by atoms with E-state index in [0.29, 0.717) is 30.3 Å². The van der Waals surface area contributed by atoms with Crippen molar-refractivity contribution in [3.05, 3.63) is 66.2 Å². The third kappa shape index (κ3) is 3.55. The molecule has 0 radical (unpaired) electrons. The molecule has 1 saturated carbocycles. The Balaban J connectivity index is 1.52. The quantitative estimate of drug-likeness (QED) is 0.737. The number of carbonyl (C=O) groups excluding carboxylic acids is 1. The fourth-order valence-corrected chi connectivity index (χ4v) is 3.39. The molecular weight excluding hydrogens is 328 g/mol. The van der Waals surface area contributed by atoms with Gasteiger partial charge in [0.05, 0.1) is 17.1 Å². The van der Waals surface area contributed by atoms with Crippen LogP contribution >= 0.6 is 0 Å². The number of rotatable bonds is 5. The number of hydrogen-bond donors (Lipinski definition) is 2. The van der Waals surface area contributed by atoms with Crippen molar-refractivity contribution in [2.24, 2.45) is 5.92 Å². The highest BCUT2D eigenvalue weighted by molar-refractivity contribution is 5.97. The van der Waals surface area contributed by atoms with Gasteiger partial charge in [0.1, 0.15) is 0 Å². The van der Waals surface area contributed by atoms with Gasteiger partial charge in [0.25, 0.3) is 5.91 Å². The van der Waals surface area contributed by atoms with Crippen molar-refractivity contribution in [2.75, 3.05) is 0 Å². The molecule has 1 fully saturated rings. The number of benzene rings is 1. The number of amides is 1. The van der Waals surface area contributed by atoms with Gasteiger partial charge in [-0.25, -0.2) is 0 Å². The molecule has 1 aliphatic rings. The van der Waals surface area contributed by atoms with E-state index >= 15 is 0 Å². The standard InChI is InChI=1S/C20H20N4O2/c25-16-9-14(10-16)18(12-15-3-1-2-6-21-15)24-20(26)13-4-5-17-19(11-13)23-8-7-22-17/h1-8,11,14,16,18,25H,9-10,12H2,(H,24,26). The third-order valence-electron chi connectivity index (χ3n) is 4.92. The van der Waals surface area contributed by atoms with E-state index in [9.17, 15) is 9.90 Å². The Kier molecular flexibility index (Phi) is 4.58. The lowest BCUT2D eigenvalue weighted by molar-refractivity contribution is 0.0238. The Morgan fingerprint density at radius 3 is 2.62 bits per heavy atom. The largest absolute Gasteiger partial charge is 0.393 e. The monoisotopic (exact) mass is 348 g/mol. The van der Waals surface area contributed by atoms with Gasteiger partial charge in [0.15, 0.2) is 0 Å². The molecule has 0 spiro atoms. The maximum atomic E-state index is 12.8. The Labute approximate surface area is 151 Å². The van der Waals surface area contributed by atoms with Crippen molar-refractivity contribution in [3.63, 3.8) is 0 Å². The molecule has 1 unspecified atom stereocenters. The molecule has 132 valence electrons. The van der Waals surface area contributed by atoms with E-state index in [1.165, 1.54) is 0 Å². The van der Waals surface area contributed by atoms with Gasteiger partial charge in [-0.2, -0.15) is 0 Å². The van der Waals surface area contributed by atoms with Crippen molar-refractivity contribution in [2.45, 2.75) is 31.4 Å². The van der Waals surface area contributed by atoms with Gasteiger partial charge < -0.3 is 10.4 Å². The Hall–Kier alpha value is -2.86. The Morgan fingerprint density at radius 2 is 1.88 bits per heavy atom. The SMILES string of the molecule is O=C(NC(Cc1ccccn1)C1CC(O)C1)c1ccc2nccnc2c1. The van der Waals surface area contributed by atoms with Crippen molar-refractivity contribution < 1.29 is 9.90 Å². The second-order valence-electron chi connectivity index (χ2n) is 6.75. The van der Waals surface area contributed by atoms with Gasteiger partial charge in [-0.05, 0) is 49.1 Å². The molecule has 26 heavy (non-hydrogen) atoms. The summed E-state index contributed by atoms with van der Waals surface area (Å²) in [6.07, 6.45) is 6.81. The first kappa shape index (κ1) is 16.6. The van der Waals surface area contributed by atoms with Gasteiger partial charge in [-0.1, -0.05) is 6.07 Å². The summed E-state index contributed by atoms with van der Waals surface area (Å²) in [5.74, 6) is 0.121. The van der Waals surface area contributed by atoms with Crippen LogP contribution in [0.2, 0.25) is 0 Å². The van der Waals surface area contributed by atoms with Gasteiger partial charge in [-0.3, -0.25) is 19.7 Å². The summed E-state index contributed by atoms with van der Waals surface area (Å²) in [6.45, 7) is 0. The lowest BCUT2D eigenvalue weighted by atomic mass is 9.76. The molecular formula is C20H20N4O2. The van der Waals surface area contributed by atoms with Crippen LogP contribution in [0.4, 0.5) is 0 Å². The molecule has 2 N–H and O–H groups in total. The predicted molar refractivity (Wildman–Crippen MR) is 97.5 cm³/mol. The van der Waals surface area contributed by atoms with Gasteiger partial charge in [0.2, 0.25) is 0 Å². The average molecular weight is 348 g/mol. The van der Waals surface area contributed by atoms with E-state index in [1.54, 1.807) is 36.8 Å². The summed E-state index contributed by atoms with van der Waals surface area (Å²) in [5.41, 5.74) is 2.95. The normalized spacial score (nSPS) is 20.3. The molecule has 1 aromatic carbocycles. The van der Waals surface area contributed by atoms with Crippen LogP contribution in [0.15, 0.2) is 55.0 Å². The Bertz CT molecular complexity index is 910. The zero-order valence-electron chi connectivity index (χ0n) is 14.2. The van der Waals surface area contributed by atoms with Crippen LogP contribution in [0.3, 0.4) is 0 Å². The second-order valence-corrected chi connectivity index (χ2v) is 6.75. The van der Waals surface area contributed by atoms with E-state index < -0.39 is 0 Å². The minimum atomic E-state index is -0.265. The fourth-order valence-electron chi connectivity index (χ4n) is 3.39. The van der Waals surface area contributed by atoms with Crippen molar-refractivity contribution in [1.82, 2.24) is 20.3 Å². The first-order valence-electron chi connectivity index (χ1n) is 8.78. The van der Waals surface area contributed by atoms with Crippen LogP contribution in [0, 0.1) is 5.92 Å². The first-order valence-corrected chi connectivity index (χ1v) is 8.78. The molecule has 0 saturated heterocycles. The summed E-state index contributed by atoms with van der Waals surface area (Å²) in [7, 11) is 0. The smallest absolute Gasteiger partial charge is 0.251 e. The van der Waals surface area contributed by atoms with Crippen molar-refractivity contribution >= 4 is 16.9 Å². The van der Waals surface area contributed by atoms with Crippen LogP contribution in [0.1, 0.15) is 28.9 Å². The number of nitrogens with one attached hydrogen (secondary N) is 1. The predicted octanol–water partition coefficient (Wildman–Crippen LogP) is 2.14. The number of aliphatic hydroxyl groups excluding tert-OH is 1. The molecule has 0 aliphatic heterocycles. The minimum Gasteiger partial charge on any atom is -0.393 e. The van der Waals surface area contributed by atoms with Crippen molar-refractivity contribution in [1.29, 1.82) is 0 Å². The third-order valence-corrected chi connectivity index (χ3v) is 4.92. The molecule has 1 amide bonds. The minimum absolute atomic E-state index is 0.0571. The molecule has 4 rings (SSSR count).